The molecule has 0 spiro atoms. The Morgan fingerprint density at radius 3 is 2.60 bits per heavy atom. The fraction of sp³-hybridized carbons (Fsp3) is 0.381. The molecule has 0 saturated heterocycles. The predicted molar refractivity (Wildman–Crippen MR) is 109 cm³/mol. The van der Waals surface area contributed by atoms with Crippen LogP contribution in [-0.2, 0) is 10.3 Å². The molecular formula is C21H21ClN2O6. The van der Waals surface area contributed by atoms with Gasteiger partial charge in [-0.2, -0.15) is 0 Å². The minimum Gasteiger partial charge on any atom is -0.486 e. The summed E-state index contributed by atoms with van der Waals surface area (Å²) in [4.78, 5) is 23.3. The molecule has 0 atom stereocenters. The molecule has 2 aliphatic rings. The van der Waals surface area contributed by atoms with Crippen LogP contribution in [0, 0.1) is 10.1 Å². The summed E-state index contributed by atoms with van der Waals surface area (Å²) in [5.74, 6) is 1.02. The van der Waals surface area contributed by atoms with Crippen molar-refractivity contribution < 1.29 is 23.9 Å². The summed E-state index contributed by atoms with van der Waals surface area (Å²) in [7, 11) is 0. The molecular weight excluding hydrogens is 412 g/mol. The van der Waals surface area contributed by atoms with E-state index in [9.17, 15) is 14.9 Å². The number of nitro benzene ring substituents is 1. The lowest BCUT2D eigenvalue weighted by atomic mass is 9.87. The first-order valence-corrected chi connectivity index (χ1v) is 10.1. The maximum absolute atomic E-state index is 12.7. The summed E-state index contributed by atoms with van der Waals surface area (Å²) < 4.78 is 16.7. The molecule has 2 aromatic rings. The van der Waals surface area contributed by atoms with Crippen LogP contribution < -0.4 is 19.5 Å². The van der Waals surface area contributed by atoms with Gasteiger partial charge in [-0.05, 0) is 42.7 Å². The van der Waals surface area contributed by atoms with Crippen LogP contribution in [0.3, 0.4) is 0 Å². The summed E-state index contributed by atoms with van der Waals surface area (Å²) in [6.07, 6.45) is 3.55. The molecule has 1 fully saturated rings. The number of benzene rings is 2. The van der Waals surface area contributed by atoms with E-state index in [0.29, 0.717) is 24.7 Å². The lowest BCUT2D eigenvalue weighted by molar-refractivity contribution is -0.385. The Kier molecular flexibility index (Phi) is 5.67. The number of fused-ring (bicyclic) bond motifs is 1. The van der Waals surface area contributed by atoms with E-state index in [0.717, 1.165) is 31.2 Å². The molecule has 0 bridgehead atoms. The standard InChI is InChI=1S/C21H21ClN2O6/c22-15-4-6-17(16(12-15)24(26)27)30-13-20(25)23-21(7-1-2-8-21)14-3-5-18-19(11-14)29-10-9-28-18/h3-6,11-12H,1-2,7-10,13H2,(H,23,25). The number of nitrogens with one attached hydrogen (secondary N) is 1. The summed E-state index contributed by atoms with van der Waals surface area (Å²) in [5.41, 5.74) is 0.148. The van der Waals surface area contributed by atoms with Crippen LogP contribution >= 0.6 is 11.6 Å². The van der Waals surface area contributed by atoms with Crippen molar-refractivity contribution in [1.29, 1.82) is 0 Å². The second-order valence-corrected chi connectivity index (χ2v) is 7.79. The van der Waals surface area contributed by atoms with Gasteiger partial charge in [0.25, 0.3) is 5.91 Å². The average molecular weight is 433 g/mol. The van der Waals surface area contributed by atoms with E-state index in [4.69, 9.17) is 25.8 Å². The Balaban J connectivity index is 1.49. The van der Waals surface area contributed by atoms with Gasteiger partial charge in [0.2, 0.25) is 0 Å². The highest BCUT2D eigenvalue weighted by Gasteiger charge is 2.38. The van der Waals surface area contributed by atoms with Crippen LogP contribution in [0.2, 0.25) is 5.02 Å². The SMILES string of the molecule is O=C(COc1ccc(Cl)cc1[N+](=O)[O-])NC1(c2ccc3c(c2)OCCO3)CCCC1. The van der Waals surface area contributed by atoms with Crippen LogP contribution in [0.25, 0.3) is 0 Å². The van der Waals surface area contributed by atoms with Gasteiger partial charge in [-0.3, -0.25) is 14.9 Å². The lowest BCUT2D eigenvalue weighted by Crippen LogP contribution is -2.45. The summed E-state index contributed by atoms with van der Waals surface area (Å²) in [6, 6.07) is 9.80. The smallest absolute Gasteiger partial charge is 0.312 e. The van der Waals surface area contributed by atoms with E-state index in [2.05, 4.69) is 5.32 Å². The minimum atomic E-state index is -0.591. The first-order chi connectivity index (χ1) is 14.5. The van der Waals surface area contributed by atoms with Crippen molar-refractivity contribution in [3.05, 3.63) is 57.1 Å². The molecule has 0 radical (unpaired) electrons. The molecule has 1 saturated carbocycles. The normalized spacial score (nSPS) is 16.7. The van der Waals surface area contributed by atoms with Crippen molar-refractivity contribution in [3.8, 4) is 17.2 Å². The largest absolute Gasteiger partial charge is 0.486 e. The van der Waals surface area contributed by atoms with Gasteiger partial charge >= 0.3 is 5.69 Å². The van der Waals surface area contributed by atoms with E-state index in [-0.39, 0.29) is 29.0 Å². The molecule has 1 aliphatic carbocycles. The topological polar surface area (TPSA) is 99.9 Å². The average Bonchev–Trinajstić information content (AvgIpc) is 3.22. The number of nitro groups is 1. The summed E-state index contributed by atoms with van der Waals surface area (Å²) >= 11 is 5.82. The van der Waals surface area contributed by atoms with Crippen LogP contribution in [-0.4, -0.2) is 30.7 Å². The maximum Gasteiger partial charge on any atom is 0.312 e. The summed E-state index contributed by atoms with van der Waals surface area (Å²) in [5, 5.41) is 14.5. The number of nitrogens with zero attached hydrogens (tertiary/aromatic N) is 1. The number of carbonyl (C=O) groups is 1. The third-order valence-corrected chi connectivity index (χ3v) is 5.64. The van der Waals surface area contributed by atoms with E-state index in [1.54, 1.807) is 0 Å². The number of hydrogen-bond donors (Lipinski definition) is 1. The zero-order valence-electron chi connectivity index (χ0n) is 16.2. The third kappa shape index (κ3) is 4.14. The number of ether oxygens (including phenoxy) is 3. The van der Waals surface area contributed by atoms with E-state index < -0.39 is 10.5 Å². The molecule has 1 N–H and O–H groups in total. The Labute approximate surface area is 178 Å². The molecule has 30 heavy (non-hydrogen) atoms. The Bertz CT molecular complexity index is 974. The Morgan fingerprint density at radius 2 is 1.87 bits per heavy atom. The molecule has 2 aromatic carbocycles. The predicted octanol–water partition coefficient (Wildman–Crippen LogP) is 3.98. The molecule has 1 amide bonds. The Hall–Kier alpha value is -3.00. The van der Waals surface area contributed by atoms with Crippen molar-refractivity contribution in [1.82, 2.24) is 5.32 Å². The van der Waals surface area contributed by atoms with Gasteiger partial charge in [-0.15, -0.1) is 0 Å². The molecule has 0 aromatic heterocycles. The highest BCUT2D eigenvalue weighted by Crippen LogP contribution is 2.42. The zero-order chi connectivity index (χ0) is 21.1. The molecule has 0 unspecified atom stereocenters. The van der Waals surface area contributed by atoms with Crippen LogP contribution in [0.15, 0.2) is 36.4 Å². The number of carbonyl (C=O) groups excluding carboxylic acids is 1. The second kappa shape index (κ2) is 8.39. The second-order valence-electron chi connectivity index (χ2n) is 7.35. The molecule has 1 heterocycles. The maximum atomic E-state index is 12.7. The number of amides is 1. The van der Waals surface area contributed by atoms with Crippen molar-refractivity contribution in [2.75, 3.05) is 19.8 Å². The van der Waals surface area contributed by atoms with E-state index in [1.165, 1.54) is 18.2 Å². The van der Waals surface area contributed by atoms with E-state index >= 15 is 0 Å². The molecule has 158 valence electrons. The molecule has 4 rings (SSSR count). The highest BCUT2D eigenvalue weighted by atomic mass is 35.5. The zero-order valence-corrected chi connectivity index (χ0v) is 16.9. The van der Waals surface area contributed by atoms with Gasteiger partial charge in [-0.1, -0.05) is 30.5 Å². The minimum absolute atomic E-state index is 0.000600. The quantitative estimate of drug-likeness (QED) is 0.547. The van der Waals surface area contributed by atoms with Gasteiger partial charge in [0, 0.05) is 11.1 Å². The first kappa shape index (κ1) is 20.3. The number of rotatable bonds is 6. The molecule has 8 nitrogen and oxygen atoms in total. The fourth-order valence-electron chi connectivity index (χ4n) is 4.01. The van der Waals surface area contributed by atoms with Crippen molar-refractivity contribution >= 4 is 23.2 Å². The fourth-order valence-corrected chi connectivity index (χ4v) is 4.17. The molecule has 9 heteroatoms. The number of hydrogen-bond acceptors (Lipinski definition) is 6. The van der Waals surface area contributed by atoms with Crippen molar-refractivity contribution in [2.24, 2.45) is 0 Å². The van der Waals surface area contributed by atoms with Crippen molar-refractivity contribution in [3.63, 3.8) is 0 Å². The van der Waals surface area contributed by atoms with E-state index in [1.807, 2.05) is 18.2 Å². The van der Waals surface area contributed by atoms with Gasteiger partial charge in [0.15, 0.2) is 23.9 Å². The van der Waals surface area contributed by atoms with Gasteiger partial charge < -0.3 is 19.5 Å². The lowest BCUT2D eigenvalue weighted by Gasteiger charge is -2.32. The van der Waals surface area contributed by atoms with Crippen LogP contribution in [0.1, 0.15) is 31.2 Å². The van der Waals surface area contributed by atoms with Crippen molar-refractivity contribution in [2.45, 2.75) is 31.2 Å². The highest BCUT2D eigenvalue weighted by molar-refractivity contribution is 6.30. The van der Waals surface area contributed by atoms with Gasteiger partial charge in [0.05, 0.1) is 10.5 Å². The number of halogens is 1. The van der Waals surface area contributed by atoms with Gasteiger partial charge in [-0.25, -0.2) is 0 Å². The molecule has 1 aliphatic heterocycles. The third-order valence-electron chi connectivity index (χ3n) is 5.41. The summed E-state index contributed by atoms with van der Waals surface area (Å²) in [6.45, 7) is 0.667. The van der Waals surface area contributed by atoms with Crippen LogP contribution in [0.5, 0.6) is 17.2 Å². The monoisotopic (exact) mass is 432 g/mol. The Morgan fingerprint density at radius 1 is 1.13 bits per heavy atom. The first-order valence-electron chi connectivity index (χ1n) is 9.75. The van der Waals surface area contributed by atoms with Crippen LogP contribution in [0.4, 0.5) is 5.69 Å². The van der Waals surface area contributed by atoms with Gasteiger partial charge in [0.1, 0.15) is 13.2 Å².